The van der Waals surface area contributed by atoms with Crippen LogP contribution in [-0.2, 0) is 4.79 Å². The third-order valence-electron chi connectivity index (χ3n) is 4.01. The van der Waals surface area contributed by atoms with Crippen LogP contribution < -0.4 is 20.3 Å². The predicted molar refractivity (Wildman–Crippen MR) is 107 cm³/mol. The van der Waals surface area contributed by atoms with Crippen molar-refractivity contribution in [1.82, 2.24) is 4.90 Å². The van der Waals surface area contributed by atoms with Crippen LogP contribution in [0.2, 0.25) is 5.02 Å². The number of amides is 3. The van der Waals surface area contributed by atoms with Crippen LogP contribution in [0.1, 0.15) is 0 Å². The minimum Gasteiger partial charge on any atom is -0.481 e. The van der Waals surface area contributed by atoms with E-state index in [2.05, 4.69) is 10.6 Å². The summed E-state index contributed by atoms with van der Waals surface area (Å²) < 4.78 is 5.54. The standard InChI is InChI=1S/C19H21ClN4O3/c1-23(2)8-9-24-16-7-6-15(11-17(16)27-12-18(24)25)22-19(26)21-14-5-3-4-13(20)10-14/h3-7,10-11H,8-9,12H2,1-2H3,(H2,21,22,26). The van der Waals surface area contributed by atoms with Crippen LogP contribution in [0.15, 0.2) is 42.5 Å². The van der Waals surface area contributed by atoms with Crippen molar-refractivity contribution in [3.8, 4) is 5.75 Å². The molecule has 142 valence electrons. The highest BCUT2D eigenvalue weighted by Crippen LogP contribution is 2.34. The van der Waals surface area contributed by atoms with Gasteiger partial charge in [-0.2, -0.15) is 0 Å². The first-order valence-electron chi connectivity index (χ1n) is 8.48. The van der Waals surface area contributed by atoms with E-state index in [1.165, 1.54) is 0 Å². The van der Waals surface area contributed by atoms with Gasteiger partial charge in [0.05, 0.1) is 5.69 Å². The summed E-state index contributed by atoms with van der Waals surface area (Å²) in [6, 6.07) is 11.7. The van der Waals surface area contributed by atoms with Gasteiger partial charge in [-0.05, 0) is 44.4 Å². The first-order chi connectivity index (χ1) is 12.9. The zero-order valence-corrected chi connectivity index (χ0v) is 15.9. The molecule has 0 aliphatic carbocycles. The SMILES string of the molecule is CN(C)CCN1C(=O)COc2cc(NC(=O)Nc3cccc(Cl)c3)ccc21. The van der Waals surface area contributed by atoms with Gasteiger partial charge in [-0.15, -0.1) is 0 Å². The molecule has 0 bridgehead atoms. The largest absolute Gasteiger partial charge is 0.481 e. The van der Waals surface area contributed by atoms with Gasteiger partial charge in [0, 0.05) is 35.6 Å². The van der Waals surface area contributed by atoms with E-state index in [1.54, 1.807) is 47.4 Å². The van der Waals surface area contributed by atoms with Gasteiger partial charge in [0.15, 0.2) is 6.61 Å². The molecule has 27 heavy (non-hydrogen) atoms. The van der Waals surface area contributed by atoms with Crippen molar-refractivity contribution < 1.29 is 14.3 Å². The van der Waals surface area contributed by atoms with E-state index >= 15 is 0 Å². The summed E-state index contributed by atoms with van der Waals surface area (Å²) in [6.45, 7) is 1.30. The molecule has 0 saturated heterocycles. The highest BCUT2D eigenvalue weighted by molar-refractivity contribution is 6.30. The molecule has 0 spiro atoms. The average Bonchev–Trinajstić information content (AvgIpc) is 2.60. The van der Waals surface area contributed by atoms with Crippen LogP contribution in [-0.4, -0.2) is 50.6 Å². The molecule has 0 unspecified atom stereocenters. The van der Waals surface area contributed by atoms with Crippen LogP contribution in [0.4, 0.5) is 21.9 Å². The number of likely N-dealkylation sites (N-methyl/N-ethyl adjacent to an activating group) is 1. The summed E-state index contributed by atoms with van der Waals surface area (Å²) in [4.78, 5) is 28.0. The molecule has 0 radical (unpaired) electrons. The summed E-state index contributed by atoms with van der Waals surface area (Å²) in [5.74, 6) is 0.484. The number of carbonyl (C=O) groups excluding carboxylic acids is 2. The lowest BCUT2D eigenvalue weighted by Crippen LogP contribution is -2.42. The van der Waals surface area contributed by atoms with Crippen molar-refractivity contribution in [1.29, 1.82) is 0 Å². The Kier molecular flexibility index (Phi) is 5.83. The summed E-state index contributed by atoms with van der Waals surface area (Å²) in [7, 11) is 3.91. The van der Waals surface area contributed by atoms with Gasteiger partial charge in [-0.1, -0.05) is 17.7 Å². The zero-order chi connectivity index (χ0) is 19.4. The van der Waals surface area contributed by atoms with E-state index in [9.17, 15) is 9.59 Å². The highest BCUT2D eigenvalue weighted by Gasteiger charge is 2.25. The number of anilines is 3. The predicted octanol–water partition coefficient (Wildman–Crippen LogP) is 3.27. The number of fused-ring (bicyclic) bond motifs is 1. The molecule has 1 heterocycles. The molecule has 2 aromatic carbocycles. The summed E-state index contributed by atoms with van der Waals surface area (Å²) in [6.07, 6.45) is 0. The lowest BCUT2D eigenvalue weighted by Gasteiger charge is -2.30. The Labute approximate surface area is 162 Å². The number of halogens is 1. The second-order valence-corrected chi connectivity index (χ2v) is 6.85. The molecule has 2 N–H and O–H groups in total. The molecule has 2 aromatic rings. The molecule has 0 aromatic heterocycles. The van der Waals surface area contributed by atoms with Crippen LogP contribution in [0.5, 0.6) is 5.75 Å². The van der Waals surface area contributed by atoms with Crippen molar-refractivity contribution in [3.05, 3.63) is 47.5 Å². The van der Waals surface area contributed by atoms with Gasteiger partial charge < -0.3 is 25.2 Å². The Hall–Kier alpha value is -2.77. The number of nitrogens with zero attached hydrogens (tertiary/aromatic N) is 2. The van der Waals surface area contributed by atoms with Gasteiger partial charge in [-0.25, -0.2) is 4.79 Å². The van der Waals surface area contributed by atoms with Crippen LogP contribution in [0.25, 0.3) is 0 Å². The number of urea groups is 1. The van der Waals surface area contributed by atoms with Crippen LogP contribution in [0, 0.1) is 0 Å². The molecule has 1 aliphatic heterocycles. The highest BCUT2D eigenvalue weighted by atomic mass is 35.5. The molecule has 0 atom stereocenters. The number of nitrogens with one attached hydrogen (secondary N) is 2. The van der Waals surface area contributed by atoms with E-state index in [0.29, 0.717) is 34.4 Å². The molecule has 7 nitrogen and oxygen atoms in total. The van der Waals surface area contributed by atoms with E-state index in [4.69, 9.17) is 16.3 Å². The number of carbonyl (C=O) groups is 2. The first kappa shape index (κ1) is 19.0. The average molecular weight is 389 g/mol. The van der Waals surface area contributed by atoms with Crippen molar-refractivity contribution in [2.24, 2.45) is 0 Å². The number of rotatable bonds is 5. The molecule has 8 heteroatoms. The summed E-state index contributed by atoms with van der Waals surface area (Å²) >= 11 is 5.92. The molecule has 3 rings (SSSR count). The maximum Gasteiger partial charge on any atom is 0.323 e. The number of hydrogen-bond donors (Lipinski definition) is 2. The molecular weight excluding hydrogens is 368 g/mol. The Bertz CT molecular complexity index is 857. The van der Waals surface area contributed by atoms with Gasteiger partial charge >= 0.3 is 6.03 Å². The monoisotopic (exact) mass is 388 g/mol. The third-order valence-corrected chi connectivity index (χ3v) is 4.25. The lowest BCUT2D eigenvalue weighted by atomic mass is 10.2. The fourth-order valence-corrected chi connectivity index (χ4v) is 2.88. The van der Waals surface area contributed by atoms with E-state index in [0.717, 1.165) is 6.54 Å². The van der Waals surface area contributed by atoms with Crippen LogP contribution >= 0.6 is 11.6 Å². The molecule has 1 aliphatic rings. The Balaban J connectivity index is 1.70. The number of benzene rings is 2. The Morgan fingerprint density at radius 2 is 1.93 bits per heavy atom. The van der Waals surface area contributed by atoms with E-state index in [-0.39, 0.29) is 12.5 Å². The quantitative estimate of drug-likeness (QED) is 0.824. The maximum atomic E-state index is 12.2. The molecule has 3 amide bonds. The lowest BCUT2D eigenvalue weighted by molar-refractivity contribution is -0.121. The Morgan fingerprint density at radius 3 is 2.63 bits per heavy atom. The second-order valence-electron chi connectivity index (χ2n) is 6.41. The fraction of sp³-hybridized carbons (Fsp3) is 0.263. The number of hydrogen-bond acceptors (Lipinski definition) is 4. The van der Waals surface area contributed by atoms with Gasteiger partial charge in [-0.3, -0.25) is 4.79 Å². The Morgan fingerprint density at radius 1 is 1.19 bits per heavy atom. The fourth-order valence-electron chi connectivity index (χ4n) is 2.69. The topological polar surface area (TPSA) is 73.9 Å². The van der Waals surface area contributed by atoms with Crippen molar-refractivity contribution in [2.45, 2.75) is 0 Å². The molecule has 0 fully saturated rings. The van der Waals surface area contributed by atoms with Gasteiger partial charge in [0.25, 0.3) is 5.91 Å². The minimum absolute atomic E-state index is 0.0153. The maximum absolute atomic E-state index is 12.2. The van der Waals surface area contributed by atoms with Gasteiger partial charge in [0.1, 0.15) is 5.75 Å². The first-order valence-corrected chi connectivity index (χ1v) is 8.86. The van der Waals surface area contributed by atoms with Crippen molar-refractivity contribution >= 4 is 40.6 Å². The van der Waals surface area contributed by atoms with E-state index < -0.39 is 6.03 Å². The summed E-state index contributed by atoms with van der Waals surface area (Å²) in [5.41, 5.74) is 1.86. The zero-order valence-electron chi connectivity index (χ0n) is 15.2. The minimum atomic E-state index is -0.395. The van der Waals surface area contributed by atoms with Crippen LogP contribution in [0.3, 0.4) is 0 Å². The number of ether oxygens (including phenoxy) is 1. The van der Waals surface area contributed by atoms with E-state index in [1.807, 2.05) is 19.0 Å². The smallest absolute Gasteiger partial charge is 0.323 e. The molecule has 0 saturated carbocycles. The second kappa shape index (κ2) is 8.28. The third kappa shape index (κ3) is 4.90. The normalized spacial score (nSPS) is 13.2. The van der Waals surface area contributed by atoms with Crippen molar-refractivity contribution in [3.63, 3.8) is 0 Å². The molecular formula is C19H21ClN4O3. The van der Waals surface area contributed by atoms with Gasteiger partial charge in [0.2, 0.25) is 0 Å². The van der Waals surface area contributed by atoms with Crippen molar-refractivity contribution in [2.75, 3.05) is 49.3 Å². The summed E-state index contributed by atoms with van der Waals surface area (Å²) in [5, 5.41) is 6.01.